The van der Waals surface area contributed by atoms with Gasteiger partial charge in [-0.25, -0.2) is 8.42 Å². The molecule has 0 radical (unpaired) electrons. The molecule has 0 saturated carbocycles. The first-order valence-corrected chi connectivity index (χ1v) is 7.84. The highest BCUT2D eigenvalue weighted by molar-refractivity contribution is 7.91. The van der Waals surface area contributed by atoms with Gasteiger partial charge in [0.25, 0.3) is 0 Å². The molecule has 2 aromatic rings. The maximum atomic E-state index is 12.2. The van der Waals surface area contributed by atoms with Gasteiger partial charge in [-0.05, 0) is 30.2 Å². The maximum Gasteiger partial charge on any atom is 0.180 e. The van der Waals surface area contributed by atoms with Crippen molar-refractivity contribution in [1.29, 1.82) is 0 Å². The molecule has 2 rings (SSSR count). The number of nitrogens with two attached hydrogens (primary N) is 1. The van der Waals surface area contributed by atoms with Gasteiger partial charge in [-0.1, -0.05) is 41.9 Å². The molecule has 100 valence electrons. The summed E-state index contributed by atoms with van der Waals surface area (Å²) in [6.07, 6.45) is 0.453. The van der Waals surface area contributed by atoms with Crippen LogP contribution in [-0.2, 0) is 16.3 Å². The molecule has 0 aliphatic rings. The summed E-state index contributed by atoms with van der Waals surface area (Å²) in [5.41, 5.74) is 6.92. The fraction of sp³-hybridized carbons (Fsp3) is 0.143. The first-order valence-electron chi connectivity index (χ1n) is 5.81. The molecule has 0 atom stereocenters. The minimum Gasteiger partial charge on any atom is -0.398 e. The quantitative estimate of drug-likeness (QED) is 0.882. The van der Waals surface area contributed by atoms with Crippen LogP contribution < -0.4 is 5.73 Å². The lowest BCUT2D eigenvalue weighted by Gasteiger charge is -2.08. The number of hydrogen-bond donors (Lipinski definition) is 1. The summed E-state index contributed by atoms with van der Waals surface area (Å²) in [7, 11) is -3.42. The zero-order valence-corrected chi connectivity index (χ0v) is 11.8. The summed E-state index contributed by atoms with van der Waals surface area (Å²) in [5.74, 6) is 0.0154. The minimum atomic E-state index is -3.42. The van der Waals surface area contributed by atoms with E-state index < -0.39 is 9.84 Å². The van der Waals surface area contributed by atoms with Gasteiger partial charge in [0.15, 0.2) is 9.84 Å². The van der Waals surface area contributed by atoms with Crippen molar-refractivity contribution in [2.45, 2.75) is 11.3 Å². The number of benzene rings is 2. The molecule has 3 nitrogen and oxygen atoms in total. The molecule has 0 amide bonds. The van der Waals surface area contributed by atoms with Crippen LogP contribution in [-0.4, -0.2) is 14.2 Å². The van der Waals surface area contributed by atoms with E-state index in [9.17, 15) is 8.42 Å². The van der Waals surface area contributed by atoms with Crippen molar-refractivity contribution < 1.29 is 8.42 Å². The third-order valence-corrected chi connectivity index (χ3v) is 4.81. The Morgan fingerprint density at radius 1 is 1.05 bits per heavy atom. The third kappa shape index (κ3) is 3.49. The number of nitrogen functional groups attached to an aromatic ring is 1. The van der Waals surface area contributed by atoms with Crippen LogP contribution in [0.15, 0.2) is 53.4 Å². The van der Waals surface area contributed by atoms with Gasteiger partial charge in [-0.3, -0.25) is 0 Å². The standard InChI is InChI=1S/C14H14ClNO2S/c15-12-6-7-13(16)14(10-12)19(17,18)9-8-11-4-2-1-3-5-11/h1-7,10H,8-9,16H2. The van der Waals surface area contributed by atoms with Crippen LogP contribution in [0.25, 0.3) is 0 Å². The van der Waals surface area contributed by atoms with Crippen LogP contribution in [0, 0.1) is 0 Å². The van der Waals surface area contributed by atoms with E-state index >= 15 is 0 Å². The van der Waals surface area contributed by atoms with E-state index in [1.165, 1.54) is 12.1 Å². The third-order valence-electron chi connectivity index (χ3n) is 2.81. The van der Waals surface area contributed by atoms with Gasteiger partial charge in [0.1, 0.15) is 0 Å². The topological polar surface area (TPSA) is 60.2 Å². The molecule has 0 aliphatic heterocycles. The Balaban J connectivity index is 2.21. The second kappa shape index (κ2) is 5.63. The van der Waals surface area contributed by atoms with Crippen molar-refractivity contribution in [3.63, 3.8) is 0 Å². The molecule has 0 aliphatic carbocycles. The van der Waals surface area contributed by atoms with E-state index in [4.69, 9.17) is 17.3 Å². The first-order chi connectivity index (χ1) is 8.99. The minimum absolute atomic E-state index is 0.0154. The Kier molecular flexibility index (Phi) is 4.12. The van der Waals surface area contributed by atoms with Gasteiger partial charge in [0.2, 0.25) is 0 Å². The second-order valence-electron chi connectivity index (χ2n) is 4.24. The zero-order valence-electron chi connectivity index (χ0n) is 10.2. The Bertz CT molecular complexity index is 669. The Morgan fingerprint density at radius 2 is 1.74 bits per heavy atom. The predicted molar refractivity (Wildman–Crippen MR) is 78.1 cm³/mol. The number of anilines is 1. The van der Waals surface area contributed by atoms with E-state index in [1.54, 1.807) is 6.07 Å². The molecular formula is C14H14ClNO2S. The second-order valence-corrected chi connectivity index (χ2v) is 6.75. The van der Waals surface area contributed by atoms with Gasteiger partial charge in [-0.2, -0.15) is 0 Å². The molecule has 0 saturated heterocycles. The fourth-order valence-corrected chi connectivity index (χ4v) is 3.48. The summed E-state index contributed by atoms with van der Waals surface area (Å²) in [6.45, 7) is 0. The highest BCUT2D eigenvalue weighted by atomic mass is 35.5. The molecule has 19 heavy (non-hydrogen) atoms. The van der Waals surface area contributed by atoms with Crippen molar-refractivity contribution in [2.75, 3.05) is 11.5 Å². The molecule has 0 heterocycles. The lowest BCUT2D eigenvalue weighted by molar-refractivity contribution is 0.595. The largest absolute Gasteiger partial charge is 0.398 e. The number of sulfone groups is 1. The van der Waals surface area contributed by atoms with Crippen LogP contribution in [0.2, 0.25) is 5.02 Å². The van der Waals surface area contributed by atoms with Crippen LogP contribution in [0.3, 0.4) is 0 Å². The molecule has 0 bridgehead atoms. The summed E-state index contributed by atoms with van der Waals surface area (Å²) in [4.78, 5) is 0.107. The summed E-state index contributed by atoms with van der Waals surface area (Å²) in [6, 6.07) is 14.0. The van der Waals surface area contributed by atoms with Crippen LogP contribution in [0.5, 0.6) is 0 Å². The summed E-state index contributed by atoms with van der Waals surface area (Å²) in [5, 5.41) is 0.368. The molecule has 0 fully saturated rings. The Labute approximate surface area is 117 Å². The van der Waals surface area contributed by atoms with Crippen molar-refractivity contribution in [1.82, 2.24) is 0 Å². The Morgan fingerprint density at radius 3 is 2.42 bits per heavy atom. The SMILES string of the molecule is Nc1ccc(Cl)cc1S(=O)(=O)CCc1ccccc1. The average Bonchev–Trinajstić information content (AvgIpc) is 2.40. The average molecular weight is 296 g/mol. The zero-order chi connectivity index (χ0) is 13.9. The van der Waals surface area contributed by atoms with E-state index in [0.29, 0.717) is 11.4 Å². The van der Waals surface area contributed by atoms with Gasteiger partial charge >= 0.3 is 0 Å². The monoisotopic (exact) mass is 295 g/mol. The smallest absolute Gasteiger partial charge is 0.180 e. The van der Waals surface area contributed by atoms with Crippen molar-refractivity contribution in [3.05, 3.63) is 59.1 Å². The number of aryl methyl sites for hydroxylation is 1. The Hall–Kier alpha value is -1.52. The van der Waals surface area contributed by atoms with Gasteiger partial charge in [0, 0.05) is 5.02 Å². The van der Waals surface area contributed by atoms with Crippen molar-refractivity contribution in [3.8, 4) is 0 Å². The lowest BCUT2D eigenvalue weighted by atomic mass is 10.2. The summed E-state index contributed by atoms with van der Waals surface area (Å²) < 4.78 is 24.5. The van der Waals surface area contributed by atoms with E-state index in [1.807, 2.05) is 30.3 Å². The molecular weight excluding hydrogens is 282 g/mol. The number of halogens is 1. The van der Waals surface area contributed by atoms with Gasteiger partial charge < -0.3 is 5.73 Å². The van der Waals surface area contributed by atoms with Crippen LogP contribution >= 0.6 is 11.6 Å². The number of hydrogen-bond acceptors (Lipinski definition) is 3. The van der Waals surface area contributed by atoms with Gasteiger partial charge in [0.05, 0.1) is 16.3 Å². The van der Waals surface area contributed by atoms with Crippen LogP contribution in [0.4, 0.5) is 5.69 Å². The molecule has 5 heteroatoms. The molecule has 2 aromatic carbocycles. The fourth-order valence-electron chi connectivity index (χ4n) is 1.78. The molecule has 0 aromatic heterocycles. The van der Waals surface area contributed by atoms with E-state index in [-0.39, 0.29) is 16.3 Å². The predicted octanol–water partition coefficient (Wildman–Crippen LogP) is 2.94. The van der Waals surface area contributed by atoms with Crippen molar-refractivity contribution >= 4 is 27.1 Å². The maximum absolute atomic E-state index is 12.2. The highest BCUT2D eigenvalue weighted by Gasteiger charge is 2.18. The normalized spacial score (nSPS) is 11.4. The highest BCUT2D eigenvalue weighted by Crippen LogP contribution is 2.24. The van der Waals surface area contributed by atoms with Gasteiger partial charge in [-0.15, -0.1) is 0 Å². The molecule has 2 N–H and O–H groups in total. The lowest BCUT2D eigenvalue weighted by Crippen LogP contribution is -2.11. The number of rotatable bonds is 4. The molecule has 0 unspecified atom stereocenters. The summed E-state index contributed by atoms with van der Waals surface area (Å²) >= 11 is 5.82. The van der Waals surface area contributed by atoms with Crippen molar-refractivity contribution in [2.24, 2.45) is 0 Å². The van der Waals surface area contributed by atoms with Crippen LogP contribution in [0.1, 0.15) is 5.56 Å². The first kappa shape index (κ1) is 13.9. The van der Waals surface area contributed by atoms with E-state index in [2.05, 4.69) is 0 Å². The molecule has 0 spiro atoms. The van der Waals surface area contributed by atoms with E-state index in [0.717, 1.165) is 5.56 Å².